The zero-order valence-electron chi connectivity index (χ0n) is 6.55. The van der Waals surface area contributed by atoms with E-state index in [1.807, 2.05) is 6.07 Å². The fourth-order valence-electron chi connectivity index (χ4n) is 0.903. The summed E-state index contributed by atoms with van der Waals surface area (Å²) in [6.45, 7) is 0. The van der Waals surface area contributed by atoms with E-state index in [2.05, 4.69) is 37.0 Å². The third kappa shape index (κ3) is 1.71. The van der Waals surface area contributed by atoms with Crippen molar-refractivity contribution < 1.29 is 4.52 Å². The Morgan fingerprint density at radius 2 is 2.21 bits per heavy atom. The van der Waals surface area contributed by atoms with E-state index >= 15 is 0 Å². The van der Waals surface area contributed by atoms with E-state index in [1.54, 1.807) is 0 Å². The van der Waals surface area contributed by atoms with E-state index in [0.717, 1.165) is 13.1 Å². The van der Waals surface area contributed by atoms with E-state index in [9.17, 15) is 0 Å². The molecular weight excluding hydrogens is 355 g/mol. The third-order valence-corrected chi connectivity index (χ3v) is 5.15. The number of nitrogen functional groups attached to an aromatic ring is 1. The van der Waals surface area contributed by atoms with Crippen LogP contribution >= 0.6 is 54.8 Å². The average Bonchev–Trinajstić information content (AvgIpc) is 2.61. The fourth-order valence-corrected chi connectivity index (χ4v) is 3.15. The third-order valence-electron chi connectivity index (χ3n) is 1.53. The Morgan fingerprint density at radius 3 is 2.64 bits per heavy atom. The van der Waals surface area contributed by atoms with Gasteiger partial charge in [0, 0.05) is 4.47 Å². The fraction of sp³-hybridized carbons (Fsp3) is 0. The molecule has 0 aromatic carbocycles. The lowest BCUT2D eigenvalue weighted by atomic mass is 10.3. The van der Waals surface area contributed by atoms with Crippen LogP contribution in [0.15, 0.2) is 18.8 Å². The Balaban J connectivity index is 2.54. The monoisotopic (exact) mass is 356 g/mol. The van der Waals surface area contributed by atoms with Crippen molar-refractivity contribution in [3.63, 3.8) is 0 Å². The molecule has 0 spiro atoms. The van der Waals surface area contributed by atoms with E-state index in [1.165, 1.54) is 11.3 Å². The number of halogens is 3. The van der Waals surface area contributed by atoms with Crippen molar-refractivity contribution >= 4 is 60.6 Å². The van der Waals surface area contributed by atoms with Crippen LogP contribution in [-0.2, 0) is 0 Å². The minimum absolute atomic E-state index is 0.210. The highest BCUT2D eigenvalue weighted by atomic mass is 79.9. The summed E-state index contributed by atoms with van der Waals surface area (Å²) < 4.78 is 6.93. The SMILES string of the molecule is Nc1noc(-c2cc(Br)c(Br)s2)c1Cl. The lowest BCUT2D eigenvalue weighted by Gasteiger charge is -1.87. The van der Waals surface area contributed by atoms with Crippen molar-refractivity contribution in [2.45, 2.75) is 0 Å². The summed E-state index contributed by atoms with van der Waals surface area (Å²) in [4.78, 5) is 0.873. The second-order valence-corrected chi connectivity index (χ2v) is 6.05. The number of thiophene rings is 1. The molecule has 0 amide bonds. The Bertz CT molecular complexity index is 462. The molecule has 74 valence electrons. The van der Waals surface area contributed by atoms with Gasteiger partial charge in [-0.2, -0.15) is 0 Å². The normalized spacial score (nSPS) is 10.8. The molecule has 0 aliphatic carbocycles. The first-order chi connectivity index (χ1) is 6.59. The summed E-state index contributed by atoms with van der Waals surface area (Å²) >= 11 is 14.1. The van der Waals surface area contributed by atoms with E-state index in [4.69, 9.17) is 21.9 Å². The first kappa shape index (κ1) is 10.5. The molecule has 0 fully saturated rings. The zero-order valence-corrected chi connectivity index (χ0v) is 11.3. The quantitative estimate of drug-likeness (QED) is 0.833. The number of aromatic nitrogens is 1. The van der Waals surface area contributed by atoms with Gasteiger partial charge >= 0.3 is 0 Å². The maximum atomic E-state index is 5.90. The second-order valence-electron chi connectivity index (χ2n) is 2.44. The molecule has 2 aromatic heterocycles. The maximum absolute atomic E-state index is 5.90. The number of hydrogen-bond donors (Lipinski definition) is 1. The van der Waals surface area contributed by atoms with Crippen LogP contribution in [0.3, 0.4) is 0 Å². The summed E-state index contributed by atoms with van der Waals surface area (Å²) in [7, 11) is 0. The van der Waals surface area contributed by atoms with Gasteiger partial charge in [-0.1, -0.05) is 16.8 Å². The van der Waals surface area contributed by atoms with E-state index in [-0.39, 0.29) is 5.82 Å². The van der Waals surface area contributed by atoms with Gasteiger partial charge in [0.25, 0.3) is 0 Å². The zero-order chi connectivity index (χ0) is 10.3. The molecule has 14 heavy (non-hydrogen) atoms. The second kappa shape index (κ2) is 3.84. The van der Waals surface area contributed by atoms with Gasteiger partial charge in [-0.05, 0) is 37.9 Å². The Kier molecular flexibility index (Phi) is 2.88. The van der Waals surface area contributed by atoms with E-state index < -0.39 is 0 Å². The number of rotatable bonds is 1. The van der Waals surface area contributed by atoms with Gasteiger partial charge < -0.3 is 10.3 Å². The number of anilines is 1. The molecule has 0 aliphatic rings. The number of nitrogens with zero attached hydrogens (tertiary/aromatic N) is 1. The highest BCUT2D eigenvalue weighted by Crippen LogP contribution is 2.41. The topological polar surface area (TPSA) is 52.0 Å². The minimum Gasteiger partial charge on any atom is -0.380 e. The van der Waals surface area contributed by atoms with Crippen LogP contribution in [0.2, 0.25) is 5.02 Å². The van der Waals surface area contributed by atoms with Crippen molar-refractivity contribution in [2.75, 3.05) is 5.73 Å². The predicted octanol–water partition coefficient (Wildman–Crippen LogP) is 4.16. The lowest BCUT2D eigenvalue weighted by molar-refractivity contribution is 0.436. The van der Waals surface area contributed by atoms with Crippen LogP contribution in [0.25, 0.3) is 10.6 Å². The molecule has 0 radical (unpaired) electrons. The average molecular weight is 358 g/mol. The van der Waals surface area contributed by atoms with Crippen LogP contribution in [0.1, 0.15) is 0 Å². The van der Waals surface area contributed by atoms with Gasteiger partial charge in [-0.15, -0.1) is 11.3 Å². The molecule has 0 saturated heterocycles. The summed E-state index contributed by atoms with van der Waals surface area (Å²) in [5, 5.41) is 3.93. The summed E-state index contributed by atoms with van der Waals surface area (Å²) in [6, 6.07) is 1.89. The highest BCUT2D eigenvalue weighted by molar-refractivity contribution is 9.13. The van der Waals surface area contributed by atoms with E-state index in [0.29, 0.717) is 10.8 Å². The molecule has 0 bridgehead atoms. The summed E-state index contributed by atoms with van der Waals surface area (Å²) in [5.41, 5.74) is 5.47. The minimum atomic E-state index is 0.210. The molecular formula is C7H3Br2ClN2OS. The first-order valence-corrected chi connectivity index (χ1v) is 6.23. The Hall–Kier alpha value is -0.0400. The maximum Gasteiger partial charge on any atom is 0.197 e. The molecule has 3 nitrogen and oxygen atoms in total. The molecule has 0 unspecified atom stereocenters. The molecule has 0 atom stereocenters. The Morgan fingerprint density at radius 1 is 1.50 bits per heavy atom. The van der Waals surface area contributed by atoms with Gasteiger partial charge in [0.05, 0.1) is 8.66 Å². The standard InChI is InChI=1S/C7H3Br2ClN2OS/c8-2-1-3(14-6(2)9)5-4(10)7(11)12-13-5/h1H,(H2,11,12). The molecule has 0 saturated carbocycles. The van der Waals surface area contributed by atoms with Crippen LogP contribution in [0.5, 0.6) is 0 Å². The van der Waals surface area contributed by atoms with Gasteiger partial charge in [-0.3, -0.25) is 0 Å². The van der Waals surface area contributed by atoms with Crippen molar-refractivity contribution in [3.05, 3.63) is 19.3 Å². The van der Waals surface area contributed by atoms with Gasteiger partial charge in [0.2, 0.25) is 0 Å². The molecule has 7 heteroatoms. The molecule has 0 aliphatic heterocycles. The lowest BCUT2D eigenvalue weighted by Crippen LogP contribution is -1.82. The first-order valence-electron chi connectivity index (χ1n) is 3.45. The van der Waals surface area contributed by atoms with Gasteiger partial charge in [0.15, 0.2) is 11.6 Å². The van der Waals surface area contributed by atoms with Crippen LogP contribution in [-0.4, -0.2) is 5.16 Å². The largest absolute Gasteiger partial charge is 0.380 e. The predicted molar refractivity (Wildman–Crippen MR) is 64.6 cm³/mol. The number of nitrogens with two attached hydrogens (primary N) is 1. The van der Waals surface area contributed by atoms with Crippen molar-refractivity contribution in [2.24, 2.45) is 0 Å². The molecule has 2 heterocycles. The molecule has 2 aromatic rings. The summed E-state index contributed by atoms with van der Waals surface area (Å²) in [5.74, 6) is 0.711. The number of hydrogen-bond acceptors (Lipinski definition) is 4. The van der Waals surface area contributed by atoms with Crippen molar-refractivity contribution in [1.82, 2.24) is 5.16 Å². The van der Waals surface area contributed by atoms with Crippen LogP contribution < -0.4 is 5.73 Å². The summed E-state index contributed by atoms with van der Waals surface area (Å²) in [6.07, 6.45) is 0. The highest BCUT2D eigenvalue weighted by Gasteiger charge is 2.16. The van der Waals surface area contributed by atoms with Crippen molar-refractivity contribution in [3.8, 4) is 10.6 Å². The molecule has 2 rings (SSSR count). The smallest absolute Gasteiger partial charge is 0.197 e. The molecule has 2 N–H and O–H groups in total. The van der Waals surface area contributed by atoms with Gasteiger partial charge in [0.1, 0.15) is 5.02 Å². The van der Waals surface area contributed by atoms with Crippen LogP contribution in [0.4, 0.5) is 5.82 Å². The van der Waals surface area contributed by atoms with Gasteiger partial charge in [-0.25, -0.2) is 0 Å². The van der Waals surface area contributed by atoms with Crippen LogP contribution in [0, 0.1) is 0 Å². The van der Waals surface area contributed by atoms with Crippen molar-refractivity contribution in [1.29, 1.82) is 0 Å². The Labute approximate surface area is 105 Å².